The zero-order valence-electron chi connectivity index (χ0n) is 17.9. The Hall–Kier alpha value is -2.66. The highest BCUT2D eigenvalue weighted by Crippen LogP contribution is 2.27. The fourth-order valence-corrected chi connectivity index (χ4v) is 4.71. The molecule has 2 N–H and O–H groups in total. The first-order valence-electron chi connectivity index (χ1n) is 10.7. The van der Waals surface area contributed by atoms with E-state index in [1.165, 1.54) is 24.0 Å². The van der Waals surface area contributed by atoms with Crippen LogP contribution in [0.5, 0.6) is 0 Å². The second kappa shape index (κ2) is 8.60. The Bertz CT molecular complexity index is 1140. The second-order valence-corrected chi connectivity index (χ2v) is 8.92. The van der Waals surface area contributed by atoms with E-state index < -0.39 is 0 Å². The minimum atomic E-state index is -0.0367. The van der Waals surface area contributed by atoms with E-state index in [-0.39, 0.29) is 5.56 Å². The Kier molecular flexibility index (Phi) is 5.91. The number of hydrogen-bond acceptors (Lipinski definition) is 2. The Morgan fingerprint density at radius 2 is 1.77 bits per heavy atom. The SMILES string of the molecule is Cc1ccc(NC(=S)N(Cc2cc3ccc(C)cc3[nH]c2=O)C2CCCC2)c(C)c1. The minimum absolute atomic E-state index is 0.0367. The molecule has 0 spiro atoms. The van der Waals surface area contributed by atoms with Gasteiger partial charge in [-0.25, -0.2) is 0 Å². The number of hydrogen-bond donors (Lipinski definition) is 2. The van der Waals surface area contributed by atoms with E-state index in [0.29, 0.717) is 17.7 Å². The molecule has 0 bridgehead atoms. The van der Waals surface area contributed by atoms with Crippen molar-refractivity contribution in [3.05, 3.63) is 75.1 Å². The third kappa shape index (κ3) is 4.41. The fourth-order valence-electron chi connectivity index (χ4n) is 4.38. The molecule has 0 atom stereocenters. The Labute approximate surface area is 183 Å². The van der Waals surface area contributed by atoms with Crippen molar-refractivity contribution in [2.24, 2.45) is 0 Å². The molecule has 1 aromatic heterocycles. The molecular weight excluding hydrogens is 390 g/mol. The number of H-pyrrole nitrogens is 1. The summed E-state index contributed by atoms with van der Waals surface area (Å²) in [5.41, 5.74) is 6.16. The number of fused-ring (bicyclic) bond motifs is 1. The van der Waals surface area contributed by atoms with E-state index in [1.807, 2.05) is 19.1 Å². The van der Waals surface area contributed by atoms with Crippen LogP contribution in [0.25, 0.3) is 10.9 Å². The number of aryl methyl sites for hydroxylation is 3. The van der Waals surface area contributed by atoms with Gasteiger partial charge in [-0.2, -0.15) is 0 Å². The topological polar surface area (TPSA) is 48.1 Å². The number of thiocarbonyl (C=S) groups is 1. The average molecular weight is 420 g/mol. The van der Waals surface area contributed by atoms with Crippen LogP contribution in [0.3, 0.4) is 0 Å². The molecule has 156 valence electrons. The summed E-state index contributed by atoms with van der Waals surface area (Å²) < 4.78 is 0. The van der Waals surface area contributed by atoms with Gasteiger partial charge in [0.05, 0.1) is 6.54 Å². The van der Waals surface area contributed by atoms with Crippen molar-refractivity contribution in [1.29, 1.82) is 0 Å². The van der Waals surface area contributed by atoms with Crippen molar-refractivity contribution >= 4 is 33.9 Å². The van der Waals surface area contributed by atoms with Gasteiger partial charge in [0.2, 0.25) is 0 Å². The van der Waals surface area contributed by atoms with Crippen LogP contribution in [-0.2, 0) is 6.54 Å². The van der Waals surface area contributed by atoms with Crippen LogP contribution >= 0.6 is 12.2 Å². The monoisotopic (exact) mass is 419 g/mol. The van der Waals surface area contributed by atoms with E-state index in [1.54, 1.807) is 0 Å². The van der Waals surface area contributed by atoms with Crippen molar-refractivity contribution < 1.29 is 0 Å². The smallest absolute Gasteiger partial charge is 0.253 e. The number of aromatic amines is 1. The molecule has 30 heavy (non-hydrogen) atoms. The summed E-state index contributed by atoms with van der Waals surface area (Å²) in [5.74, 6) is 0. The predicted molar refractivity (Wildman–Crippen MR) is 129 cm³/mol. The summed E-state index contributed by atoms with van der Waals surface area (Å²) in [7, 11) is 0. The van der Waals surface area contributed by atoms with Crippen LogP contribution in [0, 0.1) is 20.8 Å². The Morgan fingerprint density at radius 3 is 2.50 bits per heavy atom. The van der Waals surface area contributed by atoms with Crippen molar-refractivity contribution in [2.75, 3.05) is 5.32 Å². The lowest BCUT2D eigenvalue weighted by Crippen LogP contribution is -2.42. The molecule has 0 saturated heterocycles. The number of aromatic nitrogens is 1. The number of rotatable bonds is 4. The maximum atomic E-state index is 12.8. The summed E-state index contributed by atoms with van der Waals surface area (Å²) >= 11 is 5.84. The molecule has 0 aliphatic heterocycles. The molecule has 4 nitrogen and oxygen atoms in total. The van der Waals surface area contributed by atoms with Crippen molar-refractivity contribution in [3.63, 3.8) is 0 Å². The molecule has 5 heteroatoms. The van der Waals surface area contributed by atoms with Gasteiger partial charge in [0.15, 0.2) is 5.11 Å². The lowest BCUT2D eigenvalue weighted by molar-refractivity contribution is 0.311. The number of pyridine rings is 1. The zero-order valence-corrected chi connectivity index (χ0v) is 18.7. The summed E-state index contributed by atoms with van der Waals surface area (Å²) in [6.45, 7) is 6.73. The first kappa shape index (κ1) is 20.6. The molecule has 1 aliphatic carbocycles. The molecule has 1 fully saturated rings. The standard InChI is InChI=1S/C25H29N3OS/c1-16-9-11-22(18(3)12-16)27-25(30)28(21-6-4-5-7-21)15-20-14-19-10-8-17(2)13-23(19)26-24(20)29/h8-14,21H,4-7,15H2,1-3H3,(H,26,29)(H,27,30). The Balaban J connectivity index is 1.63. The molecule has 1 heterocycles. The molecular formula is C25H29N3OS. The third-order valence-corrected chi connectivity index (χ3v) is 6.41. The lowest BCUT2D eigenvalue weighted by Gasteiger charge is -2.32. The minimum Gasteiger partial charge on any atom is -0.342 e. The van der Waals surface area contributed by atoms with Crippen LogP contribution in [0.4, 0.5) is 5.69 Å². The van der Waals surface area contributed by atoms with E-state index in [9.17, 15) is 4.79 Å². The summed E-state index contributed by atoms with van der Waals surface area (Å²) in [4.78, 5) is 18.1. The maximum Gasteiger partial charge on any atom is 0.253 e. The van der Waals surface area contributed by atoms with Crippen LogP contribution in [-0.4, -0.2) is 21.0 Å². The van der Waals surface area contributed by atoms with Gasteiger partial charge in [-0.15, -0.1) is 0 Å². The van der Waals surface area contributed by atoms with E-state index in [4.69, 9.17) is 12.2 Å². The molecule has 0 unspecified atom stereocenters. The first-order chi connectivity index (χ1) is 14.4. The van der Waals surface area contributed by atoms with E-state index >= 15 is 0 Å². The Morgan fingerprint density at radius 1 is 1.07 bits per heavy atom. The molecule has 1 aliphatic rings. The van der Waals surface area contributed by atoms with E-state index in [0.717, 1.165) is 40.6 Å². The van der Waals surface area contributed by atoms with Gasteiger partial charge >= 0.3 is 0 Å². The van der Waals surface area contributed by atoms with Gasteiger partial charge in [0.1, 0.15) is 0 Å². The van der Waals surface area contributed by atoms with Gasteiger partial charge in [-0.1, -0.05) is 42.7 Å². The predicted octanol–water partition coefficient (Wildman–Crippen LogP) is 5.59. The normalized spacial score (nSPS) is 14.2. The molecule has 0 radical (unpaired) electrons. The van der Waals surface area contributed by atoms with E-state index in [2.05, 4.69) is 59.4 Å². The zero-order chi connectivity index (χ0) is 21.3. The van der Waals surface area contributed by atoms with Crippen molar-refractivity contribution in [1.82, 2.24) is 9.88 Å². The second-order valence-electron chi connectivity index (χ2n) is 8.53. The number of anilines is 1. The number of nitrogens with zero attached hydrogens (tertiary/aromatic N) is 1. The molecule has 4 rings (SSSR count). The largest absolute Gasteiger partial charge is 0.342 e. The van der Waals surface area contributed by atoms with Gasteiger partial charge in [0, 0.05) is 22.8 Å². The highest BCUT2D eigenvalue weighted by atomic mass is 32.1. The van der Waals surface area contributed by atoms with Gasteiger partial charge in [-0.05, 0) is 80.5 Å². The van der Waals surface area contributed by atoms with Crippen LogP contribution in [0.2, 0.25) is 0 Å². The average Bonchev–Trinajstić information content (AvgIpc) is 3.23. The highest BCUT2D eigenvalue weighted by Gasteiger charge is 2.26. The van der Waals surface area contributed by atoms with Crippen molar-refractivity contribution in [3.8, 4) is 0 Å². The van der Waals surface area contributed by atoms with Gasteiger partial charge in [-0.3, -0.25) is 4.79 Å². The number of nitrogens with one attached hydrogen (secondary N) is 2. The molecule has 3 aromatic rings. The quantitative estimate of drug-likeness (QED) is 0.541. The molecule has 1 saturated carbocycles. The van der Waals surface area contributed by atoms with Crippen LogP contribution < -0.4 is 10.9 Å². The molecule has 0 amide bonds. The fraction of sp³-hybridized carbons (Fsp3) is 0.360. The highest BCUT2D eigenvalue weighted by molar-refractivity contribution is 7.80. The van der Waals surface area contributed by atoms with Crippen LogP contribution in [0.15, 0.2) is 47.3 Å². The number of benzene rings is 2. The summed E-state index contributed by atoms with van der Waals surface area (Å²) in [6.07, 6.45) is 4.64. The maximum absolute atomic E-state index is 12.8. The first-order valence-corrected chi connectivity index (χ1v) is 11.1. The lowest BCUT2D eigenvalue weighted by atomic mass is 10.1. The van der Waals surface area contributed by atoms with Crippen LogP contribution in [0.1, 0.15) is 47.9 Å². The van der Waals surface area contributed by atoms with Gasteiger partial charge in [0.25, 0.3) is 5.56 Å². The van der Waals surface area contributed by atoms with Crippen molar-refractivity contribution in [2.45, 2.75) is 59.0 Å². The van der Waals surface area contributed by atoms with Gasteiger partial charge < -0.3 is 15.2 Å². The molecule has 2 aromatic carbocycles. The summed E-state index contributed by atoms with van der Waals surface area (Å²) in [5, 5.41) is 5.19. The third-order valence-electron chi connectivity index (χ3n) is 6.07. The summed E-state index contributed by atoms with van der Waals surface area (Å²) in [6, 6.07) is 14.9.